The van der Waals surface area contributed by atoms with Crippen molar-refractivity contribution in [2.75, 3.05) is 60.0 Å². The van der Waals surface area contributed by atoms with Gasteiger partial charge in [0.05, 0.1) is 13.2 Å². The lowest BCUT2D eigenvalue weighted by molar-refractivity contribution is 0.116. The molecule has 0 amide bonds. The van der Waals surface area contributed by atoms with Crippen LogP contribution in [-0.2, 0) is 0 Å². The fourth-order valence-corrected chi connectivity index (χ4v) is 3.07. The molecule has 3 N–H and O–H groups in total. The van der Waals surface area contributed by atoms with E-state index in [2.05, 4.69) is 41.5 Å². The Morgan fingerprint density at radius 2 is 1.96 bits per heavy atom. The van der Waals surface area contributed by atoms with Gasteiger partial charge in [-0.2, -0.15) is 0 Å². The molecule has 0 saturated carbocycles. The largest absolute Gasteiger partial charge is 0.396 e. The quantitative estimate of drug-likeness (QED) is 0.314. The average Bonchev–Trinajstić information content (AvgIpc) is 2.63. The Kier molecular flexibility index (Phi) is 11.1. The number of benzene rings is 1. The summed E-state index contributed by atoms with van der Waals surface area (Å²) in [6.45, 7) is 7.70. The van der Waals surface area contributed by atoms with Gasteiger partial charge in [-0.05, 0) is 26.6 Å². The third kappa shape index (κ3) is 7.38. The molecule has 148 valence electrons. The van der Waals surface area contributed by atoms with E-state index in [0.29, 0.717) is 12.6 Å². The van der Waals surface area contributed by atoms with E-state index in [9.17, 15) is 5.11 Å². The van der Waals surface area contributed by atoms with Crippen LogP contribution in [0.4, 0.5) is 0 Å². The Balaban J connectivity index is 0.00000338. The van der Waals surface area contributed by atoms with E-state index in [1.54, 1.807) is 0 Å². The Morgan fingerprint density at radius 1 is 1.23 bits per heavy atom. The fourth-order valence-electron chi connectivity index (χ4n) is 3.07. The Labute approximate surface area is 175 Å². The van der Waals surface area contributed by atoms with Gasteiger partial charge in [-0.25, -0.2) is 0 Å². The van der Waals surface area contributed by atoms with Gasteiger partial charge in [0, 0.05) is 44.7 Å². The van der Waals surface area contributed by atoms with Crippen LogP contribution < -0.4 is 10.6 Å². The van der Waals surface area contributed by atoms with Crippen molar-refractivity contribution < 1.29 is 5.11 Å². The van der Waals surface area contributed by atoms with Crippen molar-refractivity contribution in [1.82, 2.24) is 20.4 Å². The molecule has 6 nitrogen and oxygen atoms in total. The second-order valence-electron chi connectivity index (χ2n) is 6.79. The van der Waals surface area contributed by atoms with Crippen LogP contribution in [0.25, 0.3) is 0 Å². The molecule has 0 radical (unpaired) electrons. The zero-order valence-corrected chi connectivity index (χ0v) is 18.5. The van der Waals surface area contributed by atoms with E-state index in [4.69, 9.17) is 4.99 Å². The van der Waals surface area contributed by atoms with Crippen molar-refractivity contribution in [2.24, 2.45) is 4.99 Å². The van der Waals surface area contributed by atoms with E-state index in [0.717, 1.165) is 44.2 Å². The van der Waals surface area contributed by atoms with E-state index >= 15 is 0 Å². The van der Waals surface area contributed by atoms with Gasteiger partial charge in [0.1, 0.15) is 0 Å². The highest BCUT2D eigenvalue weighted by atomic mass is 127. The van der Waals surface area contributed by atoms with Gasteiger partial charge in [0.15, 0.2) is 5.96 Å². The molecule has 1 heterocycles. The van der Waals surface area contributed by atoms with Gasteiger partial charge in [0.25, 0.3) is 0 Å². The highest BCUT2D eigenvalue weighted by Crippen LogP contribution is 2.14. The molecule has 0 aromatic heterocycles. The molecule has 1 aliphatic heterocycles. The number of hydrogen-bond donors (Lipinski definition) is 3. The molecular formula is C19H34IN5O. The van der Waals surface area contributed by atoms with E-state index in [-0.39, 0.29) is 36.5 Å². The molecule has 1 saturated heterocycles. The number of piperazine rings is 1. The Morgan fingerprint density at radius 3 is 2.62 bits per heavy atom. The molecule has 26 heavy (non-hydrogen) atoms. The lowest BCUT2D eigenvalue weighted by Crippen LogP contribution is -2.55. The summed E-state index contributed by atoms with van der Waals surface area (Å²) in [6.07, 6.45) is 0. The van der Waals surface area contributed by atoms with Gasteiger partial charge in [-0.1, -0.05) is 30.3 Å². The molecule has 0 spiro atoms. The van der Waals surface area contributed by atoms with Gasteiger partial charge in [0.2, 0.25) is 0 Å². The molecule has 1 aromatic carbocycles. The maximum atomic E-state index is 9.70. The van der Waals surface area contributed by atoms with Crippen LogP contribution in [-0.4, -0.2) is 86.9 Å². The molecule has 0 aliphatic carbocycles. The van der Waals surface area contributed by atoms with Gasteiger partial charge in [-0.15, -0.1) is 24.0 Å². The molecule has 1 fully saturated rings. The minimum atomic E-state index is 0. The first-order chi connectivity index (χ1) is 12.1. The van der Waals surface area contributed by atoms with Crippen molar-refractivity contribution in [1.29, 1.82) is 0 Å². The molecule has 0 bridgehead atoms. The minimum absolute atomic E-state index is 0. The average molecular weight is 475 g/mol. The standard InChI is InChI=1S/C19H33N5O.HI/c1-4-20-19(22-13-18-14-23(2)10-11-24(18)3)21-12-17(15-25)16-8-6-5-7-9-16;/h5-9,17-18,25H,4,10-15H2,1-3H3,(H2,20,21,22);1H. The minimum Gasteiger partial charge on any atom is -0.396 e. The van der Waals surface area contributed by atoms with Gasteiger partial charge >= 0.3 is 0 Å². The first-order valence-electron chi connectivity index (χ1n) is 9.20. The number of aliphatic hydroxyl groups is 1. The number of aliphatic imine (C=N–C) groups is 1. The predicted molar refractivity (Wildman–Crippen MR) is 120 cm³/mol. The topological polar surface area (TPSA) is 63.1 Å². The van der Waals surface area contributed by atoms with Crippen LogP contribution in [0, 0.1) is 0 Å². The van der Waals surface area contributed by atoms with Crippen LogP contribution in [0.1, 0.15) is 18.4 Å². The van der Waals surface area contributed by atoms with Crippen molar-refractivity contribution in [3.63, 3.8) is 0 Å². The molecular weight excluding hydrogens is 441 g/mol. The Bertz CT molecular complexity index is 528. The van der Waals surface area contributed by atoms with Crippen LogP contribution in [0.3, 0.4) is 0 Å². The molecule has 2 atom stereocenters. The monoisotopic (exact) mass is 475 g/mol. The SMILES string of the molecule is CCNC(=NCC(CO)c1ccccc1)NCC1CN(C)CCN1C.I. The van der Waals surface area contributed by atoms with Gasteiger partial charge < -0.3 is 20.6 Å². The van der Waals surface area contributed by atoms with Crippen molar-refractivity contribution >= 4 is 29.9 Å². The molecule has 7 heteroatoms. The number of hydrogen-bond acceptors (Lipinski definition) is 4. The normalized spacial score (nSPS) is 20.3. The molecule has 2 rings (SSSR count). The van der Waals surface area contributed by atoms with Crippen molar-refractivity contribution in [2.45, 2.75) is 18.9 Å². The summed E-state index contributed by atoms with van der Waals surface area (Å²) in [5.41, 5.74) is 1.12. The van der Waals surface area contributed by atoms with Crippen LogP contribution in [0.2, 0.25) is 0 Å². The first-order valence-corrected chi connectivity index (χ1v) is 9.20. The second kappa shape index (κ2) is 12.5. The summed E-state index contributed by atoms with van der Waals surface area (Å²) in [7, 11) is 4.35. The number of nitrogens with one attached hydrogen (secondary N) is 2. The molecule has 2 unspecified atom stereocenters. The van der Waals surface area contributed by atoms with E-state index < -0.39 is 0 Å². The first kappa shape index (κ1) is 23.1. The highest BCUT2D eigenvalue weighted by Gasteiger charge is 2.22. The smallest absolute Gasteiger partial charge is 0.191 e. The van der Waals surface area contributed by atoms with Crippen LogP contribution >= 0.6 is 24.0 Å². The summed E-state index contributed by atoms with van der Waals surface area (Å²) in [5.74, 6) is 0.846. The summed E-state index contributed by atoms with van der Waals surface area (Å²) in [5, 5.41) is 16.5. The van der Waals surface area contributed by atoms with Crippen molar-refractivity contribution in [3.05, 3.63) is 35.9 Å². The number of nitrogens with zero attached hydrogens (tertiary/aromatic N) is 3. The number of guanidine groups is 1. The summed E-state index contributed by atoms with van der Waals surface area (Å²) < 4.78 is 0. The summed E-state index contributed by atoms with van der Waals surface area (Å²) >= 11 is 0. The van der Waals surface area contributed by atoms with E-state index in [1.165, 1.54) is 0 Å². The summed E-state index contributed by atoms with van der Waals surface area (Å²) in [6, 6.07) is 10.6. The van der Waals surface area contributed by atoms with Crippen LogP contribution in [0.5, 0.6) is 0 Å². The Hall–Kier alpha value is -0.900. The molecule has 1 aromatic rings. The lowest BCUT2D eigenvalue weighted by Gasteiger charge is -2.38. The second-order valence-corrected chi connectivity index (χ2v) is 6.79. The van der Waals surface area contributed by atoms with E-state index in [1.807, 2.05) is 30.3 Å². The third-order valence-corrected chi connectivity index (χ3v) is 4.79. The number of rotatable bonds is 7. The maximum Gasteiger partial charge on any atom is 0.191 e. The number of halogens is 1. The van der Waals surface area contributed by atoms with Crippen LogP contribution in [0.15, 0.2) is 35.3 Å². The number of likely N-dealkylation sites (N-methyl/N-ethyl adjacent to an activating group) is 2. The zero-order chi connectivity index (χ0) is 18.1. The predicted octanol–water partition coefficient (Wildman–Crippen LogP) is 1.18. The highest BCUT2D eigenvalue weighted by molar-refractivity contribution is 14.0. The molecule has 1 aliphatic rings. The maximum absolute atomic E-state index is 9.70. The fraction of sp³-hybridized carbons (Fsp3) is 0.632. The number of aliphatic hydroxyl groups excluding tert-OH is 1. The third-order valence-electron chi connectivity index (χ3n) is 4.79. The summed E-state index contributed by atoms with van der Waals surface area (Å²) in [4.78, 5) is 9.46. The van der Waals surface area contributed by atoms with Crippen molar-refractivity contribution in [3.8, 4) is 0 Å². The zero-order valence-electron chi connectivity index (χ0n) is 16.2. The van der Waals surface area contributed by atoms with Gasteiger partial charge in [-0.3, -0.25) is 9.89 Å². The lowest BCUT2D eigenvalue weighted by atomic mass is 10.0.